The third-order valence-electron chi connectivity index (χ3n) is 5.14. The molecule has 1 aromatic rings. The molecule has 0 unspecified atom stereocenters. The summed E-state index contributed by atoms with van der Waals surface area (Å²) in [5.41, 5.74) is 2.14. The van der Waals surface area contributed by atoms with Crippen molar-refractivity contribution in [2.45, 2.75) is 71.3 Å². The Morgan fingerprint density at radius 1 is 1.21 bits per heavy atom. The van der Waals surface area contributed by atoms with E-state index < -0.39 is 0 Å². The number of nitrogens with one attached hydrogen (secondary N) is 1. The summed E-state index contributed by atoms with van der Waals surface area (Å²) in [6.45, 7) is 11.9. The third-order valence-corrected chi connectivity index (χ3v) is 5.14. The first kappa shape index (κ1) is 19.0. The van der Waals surface area contributed by atoms with Crippen LogP contribution in [0.25, 0.3) is 0 Å². The maximum Gasteiger partial charge on any atom is 0.251 e. The zero-order valence-corrected chi connectivity index (χ0v) is 15.9. The fraction of sp³-hybridized carbons (Fsp3) is 0.667. The van der Waals surface area contributed by atoms with Crippen LogP contribution in [0.5, 0.6) is 0 Å². The van der Waals surface area contributed by atoms with Crippen LogP contribution < -0.4 is 5.32 Å². The maximum absolute atomic E-state index is 12.3. The quantitative estimate of drug-likeness (QED) is 0.786. The van der Waals surface area contributed by atoms with Crippen LogP contribution in [-0.2, 0) is 5.41 Å². The fourth-order valence-corrected chi connectivity index (χ4v) is 3.52. The molecule has 1 N–H and O–H groups in total. The van der Waals surface area contributed by atoms with Crippen LogP contribution in [-0.4, -0.2) is 36.5 Å². The number of likely N-dealkylation sites (tertiary alicyclic amines) is 1. The van der Waals surface area contributed by atoms with Gasteiger partial charge in [-0.1, -0.05) is 46.2 Å². The van der Waals surface area contributed by atoms with Crippen molar-refractivity contribution in [3.8, 4) is 0 Å². The number of hydrogen-bond acceptors (Lipinski definition) is 2. The molecule has 1 heterocycles. The van der Waals surface area contributed by atoms with Gasteiger partial charge in [0.2, 0.25) is 0 Å². The molecule has 1 saturated heterocycles. The van der Waals surface area contributed by atoms with Gasteiger partial charge in [0.15, 0.2) is 0 Å². The van der Waals surface area contributed by atoms with E-state index in [0.29, 0.717) is 0 Å². The number of piperidine rings is 1. The summed E-state index contributed by atoms with van der Waals surface area (Å²) in [6, 6.07) is 8.75. The van der Waals surface area contributed by atoms with Crippen molar-refractivity contribution in [2.75, 3.05) is 19.6 Å². The minimum atomic E-state index is 0.0427. The van der Waals surface area contributed by atoms with Crippen LogP contribution in [0.3, 0.4) is 0 Å². The van der Waals surface area contributed by atoms with Crippen LogP contribution >= 0.6 is 0 Å². The van der Waals surface area contributed by atoms with E-state index in [-0.39, 0.29) is 11.3 Å². The Labute approximate surface area is 147 Å². The van der Waals surface area contributed by atoms with Gasteiger partial charge < -0.3 is 10.2 Å². The van der Waals surface area contributed by atoms with E-state index in [0.717, 1.165) is 31.1 Å². The highest BCUT2D eigenvalue weighted by molar-refractivity contribution is 5.94. The molecular weight excluding hydrogens is 296 g/mol. The summed E-state index contributed by atoms with van der Waals surface area (Å²) < 4.78 is 0. The molecule has 134 valence electrons. The highest BCUT2D eigenvalue weighted by Crippen LogP contribution is 2.22. The number of rotatable bonds is 6. The second kappa shape index (κ2) is 8.66. The molecule has 0 saturated carbocycles. The van der Waals surface area contributed by atoms with Gasteiger partial charge in [-0.25, -0.2) is 0 Å². The van der Waals surface area contributed by atoms with Gasteiger partial charge in [-0.2, -0.15) is 0 Å². The summed E-state index contributed by atoms with van der Waals surface area (Å²) >= 11 is 0. The van der Waals surface area contributed by atoms with Crippen LogP contribution in [0.1, 0.15) is 75.7 Å². The molecule has 0 aliphatic carbocycles. The van der Waals surface area contributed by atoms with E-state index >= 15 is 0 Å². The maximum atomic E-state index is 12.3. The summed E-state index contributed by atoms with van der Waals surface area (Å²) in [4.78, 5) is 14.9. The molecule has 0 radical (unpaired) electrons. The largest absolute Gasteiger partial charge is 0.352 e. The van der Waals surface area contributed by atoms with E-state index in [1.807, 2.05) is 12.1 Å². The average Bonchev–Trinajstić information content (AvgIpc) is 2.58. The molecule has 1 aromatic carbocycles. The van der Waals surface area contributed by atoms with Crippen molar-refractivity contribution in [1.29, 1.82) is 0 Å². The van der Waals surface area contributed by atoms with Gasteiger partial charge in [0, 0.05) is 24.7 Å². The van der Waals surface area contributed by atoms with E-state index in [9.17, 15) is 4.79 Å². The van der Waals surface area contributed by atoms with Gasteiger partial charge >= 0.3 is 0 Å². The van der Waals surface area contributed by atoms with Gasteiger partial charge in [0.1, 0.15) is 0 Å². The standard InChI is InChI=1S/C21H34N2O/c1-5-19-9-6-7-15-23(19)16-8-14-22-20(24)17-10-12-18(13-11-17)21(2,3)4/h10-13,19H,5-9,14-16H2,1-4H3,(H,22,24)/t19-/m1/s1. The van der Waals surface area contributed by atoms with E-state index in [1.54, 1.807) is 0 Å². The molecule has 2 rings (SSSR count). The highest BCUT2D eigenvalue weighted by atomic mass is 16.1. The molecule has 0 aromatic heterocycles. The molecule has 1 aliphatic heterocycles. The van der Waals surface area contributed by atoms with Crippen molar-refractivity contribution in [1.82, 2.24) is 10.2 Å². The lowest BCUT2D eigenvalue weighted by atomic mass is 9.87. The Bertz CT molecular complexity index is 516. The molecule has 0 bridgehead atoms. The summed E-state index contributed by atoms with van der Waals surface area (Å²) in [6.07, 6.45) is 6.30. The van der Waals surface area contributed by atoms with Gasteiger partial charge in [-0.15, -0.1) is 0 Å². The van der Waals surface area contributed by atoms with Crippen LogP contribution in [0.15, 0.2) is 24.3 Å². The van der Waals surface area contributed by atoms with E-state index in [1.165, 1.54) is 37.8 Å². The van der Waals surface area contributed by atoms with Gasteiger partial charge in [0.05, 0.1) is 0 Å². The number of benzene rings is 1. The Balaban J connectivity index is 1.75. The predicted octanol–water partition coefficient (Wildman–Crippen LogP) is 4.37. The molecule has 3 nitrogen and oxygen atoms in total. The number of nitrogens with zero attached hydrogens (tertiary/aromatic N) is 1. The van der Waals surface area contributed by atoms with Crippen molar-refractivity contribution in [2.24, 2.45) is 0 Å². The summed E-state index contributed by atoms with van der Waals surface area (Å²) in [5.74, 6) is 0.0427. The van der Waals surface area contributed by atoms with Gasteiger partial charge in [-0.3, -0.25) is 4.79 Å². The molecule has 24 heavy (non-hydrogen) atoms. The topological polar surface area (TPSA) is 32.3 Å². The van der Waals surface area contributed by atoms with Crippen molar-refractivity contribution in [3.05, 3.63) is 35.4 Å². The Hall–Kier alpha value is -1.35. The van der Waals surface area contributed by atoms with Crippen LogP contribution in [0.2, 0.25) is 0 Å². The number of carbonyl (C=O) groups is 1. The zero-order chi connectivity index (χ0) is 17.6. The monoisotopic (exact) mass is 330 g/mol. The normalized spacial score (nSPS) is 19.2. The van der Waals surface area contributed by atoms with Gasteiger partial charge in [-0.05, 0) is 55.3 Å². The molecule has 1 fully saturated rings. The minimum Gasteiger partial charge on any atom is -0.352 e. The Kier molecular flexibility index (Phi) is 6.85. The molecule has 1 aliphatic rings. The second-order valence-corrected chi connectivity index (χ2v) is 8.03. The lowest BCUT2D eigenvalue weighted by molar-refractivity contribution is 0.0947. The number of hydrogen-bond donors (Lipinski definition) is 1. The lowest BCUT2D eigenvalue weighted by Crippen LogP contribution is -2.40. The minimum absolute atomic E-state index is 0.0427. The van der Waals surface area contributed by atoms with Crippen molar-refractivity contribution in [3.63, 3.8) is 0 Å². The average molecular weight is 331 g/mol. The predicted molar refractivity (Wildman–Crippen MR) is 102 cm³/mol. The first-order valence-corrected chi connectivity index (χ1v) is 9.54. The summed E-state index contributed by atoms with van der Waals surface area (Å²) in [5, 5.41) is 3.06. The van der Waals surface area contributed by atoms with Crippen LogP contribution in [0, 0.1) is 0 Å². The fourth-order valence-electron chi connectivity index (χ4n) is 3.52. The number of amides is 1. The Morgan fingerprint density at radius 3 is 2.54 bits per heavy atom. The molecule has 1 atom stereocenters. The summed E-state index contributed by atoms with van der Waals surface area (Å²) in [7, 11) is 0. The van der Waals surface area contributed by atoms with Crippen LogP contribution in [0.4, 0.5) is 0 Å². The van der Waals surface area contributed by atoms with E-state index in [2.05, 4.69) is 50.0 Å². The Morgan fingerprint density at radius 2 is 1.92 bits per heavy atom. The van der Waals surface area contributed by atoms with Crippen molar-refractivity contribution >= 4 is 5.91 Å². The first-order chi connectivity index (χ1) is 11.4. The zero-order valence-electron chi connectivity index (χ0n) is 15.9. The lowest BCUT2D eigenvalue weighted by Gasteiger charge is -2.35. The molecule has 3 heteroatoms. The molecular formula is C21H34N2O. The molecule has 1 amide bonds. The second-order valence-electron chi connectivity index (χ2n) is 8.03. The number of carbonyl (C=O) groups excluding carboxylic acids is 1. The van der Waals surface area contributed by atoms with Gasteiger partial charge in [0.25, 0.3) is 5.91 Å². The first-order valence-electron chi connectivity index (χ1n) is 9.54. The molecule has 0 spiro atoms. The van der Waals surface area contributed by atoms with E-state index in [4.69, 9.17) is 0 Å². The third kappa shape index (κ3) is 5.34. The van der Waals surface area contributed by atoms with Crippen molar-refractivity contribution < 1.29 is 4.79 Å². The highest BCUT2D eigenvalue weighted by Gasteiger charge is 2.20. The smallest absolute Gasteiger partial charge is 0.251 e. The SMILES string of the molecule is CC[C@@H]1CCCCN1CCCNC(=O)c1ccc(C(C)(C)C)cc1.